The molecular formula is C15H8BrFN4OS. The number of ether oxygens (including phenoxy) is 1. The molecule has 0 unspecified atom stereocenters. The van der Waals surface area contributed by atoms with Crippen LogP contribution in [0.2, 0.25) is 0 Å². The molecule has 1 aromatic carbocycles. The van der Waals surface area contributed by atoms with E-state index in [2.05, 4.69) is 31.0 Å². The number of imidazole rings is 1. The quantitative estimate of drug-likeness (QED) is 0.514. The number of hydrogen-bond acceptors (Lipinski definition) is 5. The van der Waals surface area contributed by atoms with Crippen LogP contribution in [0.1, 0.15) is 0 Å². The van der Waals surface area contributed by atoms with E-state index in [-0.39, 0.29) is 5.75 Å². The number of benzene rings is 1. The highest BCUT2D eigenvalue weighted by molar-refractivity contribution is 9.10. The van der Waals surface area contributed by atoms with E-state index in [9.17, 15) is 4.39 Å². The topological polar surface area (TPSA) is 52.3 Å². The van der Waals surface area contributed by atoms with Gasteiger partial charge in [-0.25, -0.2) is 13.9 Å². The molecule has 0 N–H and O–H groups in total. The van der Waals surface area contributed by atoms with E-state index in [4.69, 9.17) is 4.74 Å². The van der Waals surface area contributed by atoms with E-state index >= 15 is 0 Å². The summed E-state index contributed by atoms with van der Waals surface area (Å²) in [6.07, 6.45) is 5.23. The summed E-state index contributed by atoms with van der Waals surface area (Å²) in [6, 6.07) is 8.37. The van der Waals surface area contributed by atoms with Crippen LogP contribution in [0.15, 0.2) is 53.4 Å². The third-order valence-corrected chi connectivity index (χ3v) is 4.37. The minimum absolute atomic E-state index is 0.123. The Balaban J connectivity index is 1.64. The summed E-state index contributed by atoms with van der Waals surface area (Å²) >= 11 is 4.45. The molecule has 3 aromatic heterocycles. The number of nitrogens with zero attached hydrogens (tertiary/aromatic N) is 4. The summed E-state index contributed by atoms with van der Waals surface area (Å²) in [6.45, 7) is 0. The molecule has 0 radical (unpaired) electrons. The van der Waals surface area contributed by atoms with Gasteiger partial charge in [-0.15, -0.1) is 5.10 Å². The highest BCUT2D eigenvalue weighted by Gasteiger charge is 2.13. The van der Waals surface area contributed by atoms with Gasteiger partial charge in [0.2, 0.25) is 4.96 Å². The van der Waals surface area contributed by atoms with Gasteiger partial charge in [0.1, 0.15) is 0 Å². The van der Waals surface area contributed by atoms with Gasteiger partial charge in [-0.2, -0.15) is 0 Å². The van der Waals surface area contributed by atoms with Gasteiger partial charge in [0, 0.05) is 22.4 Å². The number of aromatic nitrogens is 4. The van der Waals surface area contributed by atoms with Crippen molar-refractivity contribution < 1.29 is 9.13 Å². The second-order valence-electron chi connectivity index (χ2n) is 4.64. The standard InChI is InChI=1S/C15H8BrFN4OS/c16-10-3-4-13(11(17)6-10)22-15-20-21-8-12(19-14(21)23-15)9-2-1-5-18-7-9/h1-8H. The lowest BCUT2D eigenvalue weighted by atomic mass is 10.2. The maximum absolute atomic E-state index is 13.8. The van der Waals surface area contributed by atoms with Crippen LogP contribution in [-0.4, -0.2) is 19.6 Å². The lowest BCUT2D eigenvalue weighted by Crippen LogP contribution is -1.89. The van der Waals surface area contributed by atoms with Crippen molar-refractivity contribution in [3.63, 3.8) is 0 Å². The number of fused-ring (bicyclic) bond motifs is 1. The first-order valence-electron chi connectivity index (χ1n) is 6.58. The maximum Gasteiger partial charge on any atom is 0.299 e. The van der Waals surface area contributed by atoms with E-state index < -0.39 is 5.82 Å². The molecule has 0 bridgehead atoms. The molecule has 3 heterocycles. The number of halogens is 2. The first-order valence-corrected chi connectivity index (χ1v) is 8.19. The van der Waals surface area contributed by atoms with Crippen LogP contribution in [0.25, 0.3) is 16.2 Å². The molecule has 5 nitrogen and oxygen atoms in total. The van der Waals surface area contributed by atoms with Crippen molar-refractivity contribution in [3.05, 3.63) is 59.2 Å². The molecule has 0 aliphatic rings. The smallest absolute Gasteiger partial charge is 0.299 e. The number of hydrogen-bond donors (Lipinski definition) is 0. The normalized spacial score (nSPS) is 11.0. The molecule has 0 saturated carbocycles. The van der Waals surface area contributed by atoms with Crippen molar-refractivity contribution in [2.45, 2.75) is 0 Å². The average molecular weight is 391 g/mol. The van der Waals surface area contributed by atoms with E-state index in [1.807, 2.05) is 12.1 Å². The Bertz CT molecular complexity index is 954. The molecule has 0 aliphatic carbocycles. The second-order valence-corrected chi connectivity index (χ2v) is 6.47. The zero-order valence-electron chi connectivity index (χ0n) is 11.5. The fourth-order valence-electron chi connectivity index (χ4n) is 2.03. The predicted octanol–water partition coefficient (Wildman–Crippen LogP) is 4.55. The first-order chi connectivity index (χ1) is 11.2. The predicted molar refractivity (Wildman–Crippen MR) is 88.3 cm³/mol. The zero-order valence-corrected chi connectivity index (χ0v) is 13.9. The molecule has 0 saturated heterocycles. The molecule has 0 spiro atoms. The summed E-state index contributed by atoms with van der Waals surface area (Å²) in [5.41, 5.74) is 1.69. The molecule has 0 amide bonds. The van der Waals surface area contributed by atoms with Crippen molar-refractivity contribution in [2.75, 3.05) is 0 Å². The van der Waals surface area contributed by atoms with Crippen molar-refractivity contribution in [1.29, 1.82) is 0 Å². The Morgan fingerprint density at radius 1 is 1.26 bits per heavy atom. The van der Waals surface area contributed by atoms with Gasteiger partial charge in [0.05, 0.1) is 11.9 Å². The molecule has 23 heavy (non-hydrogen) atoms. The summed E-state index contributed by atoms with van der Waals surface area (Å²) in [5, 5.41) is 4.59. The van der Waals surface area contributed by atoms with Gasteiger partial charge in [-0.3, -0.25) is 4.98 Å². The van der Waals surface area contributed by atoms with Crippen molar-refractivity contribution in [3.8, 4) is 22.2 Å². The van der Waals surface area contributed by atoms with E-state index in [1.54, 1.807) is 35.2 Å². The third kappa shape index (κ3) is 2.82. The van der Waals surface area contributed by atoms with Gasteiger partial charge in [0.25, 0.3) is 5.19 Å². The minimum atomic E-state index is -0.455. The Labute approximate surface area is 142 Å². The monoisotopic (exact) mass is 390 g/mol. The van der Waals surface area contributed by atoms with Gasteiger partial charge >= 0.3 is 0 Å². The van der Waals surface area contributed by atoms with Crippen LogP contribution < -0.4 is 4.74 Å². The van der Waals surface area contributed by atoms with Crippen LogP contribution in [0.5, 0.6) is 10.9 Å². The molecular weight excluding hydrogens is 383 g/mol. The molecule has 0 atom stereocenters. The van der Waals surface area contributed by atoms with Gasteiger partial charge in [-0.05, 0) is 41.7 Å². The van der Waals surface area contributed by atoms with E-state index in [0.717, 1.165) is 11.3 Å². The highest BCUT2D eigenvalue weighted by atomic mass is 79.9. The van der Waals surface area contributed by atoms with Gasteiger partial charge in [0.15, 0.2) is 11.6 Å². The molecule has 0 fully saturated rings. The molecule has 8 heteroatoms. The molecule has 4 aromatic rings. The zero-order chi connectivity index (χ0) is 15.8. The van der Waals surface area contributed by atoms with Crippen molar-refractivity contribution in [1.82, 2.24) is 19.6 Å². The molecule has 4 rings (SSSR count). The first kappa shape index (κ1) is 14.3. The maximum atomic E-state index is 13.8. The minimum Gasteiger partial charge on any atom is -0.427 e. The van der Waals surface area contributed by atoms with Crippen molar-refractivity contribution in [2.24, 2.45) is 0 Å². The summed E-state index contributed by atoms with van der Waals surface area (Å²) < 4.78 is 21.5. The summed E-state index contributed by atoms with van der Waals surface area (Å²) in [4.78, 5) is 9.21. The Morgan fingerprint density at radius 2 is 2.17 bits per heavy atom. The fourth-order valence-corrected chi connectivity index (χ4v) is 3.11. The van der Waals surface area contributed by atoms with Crippen molar-refractivity contribution >= 4 is 32.2 Å². The lowest BCUT2D eigenvalue weighted by molar-refractivity contribution is 0.433. The lowest BCUT2D eigenvalue weighted by Gasteiger charge is -2.02. The van der Waals surface area contributed by atoms with Crippen LogP contribution >= 0.6 is 27.3 Å². The second kappa shape index (κ2) is 5.71. The Kier molecular flexibility index (Phi) is 3.55. The highest BCUT2D eigenvalue weighted by Crippen LogP contribution is 2.31. The largest absolute Gasteiger partial charge is 0.427 e. The molecule has 0 aliphatic heterocycles. The SMILES string of the molecule is Fc1cc(Br)ccc1Oc1nn2cc(-c3cccnc3)nc2s1. The number of pyridine rings is 1. The van der Waals surface area contributed by atoms with Crippen LogP contribution in [0, 0.1) is 5.82 Å². The molecule has 114 valence electrons. The van der Waals surface area contributed by atoms with Crippen LogP contribution in [0.3, 0.4) is 0 Å². The van der Waals surface area contributed by atoms with E-state index in [0.29, 0.717) is 14.6 Å². The summed E-state index contributed by atoms with van der Waals surface area (Å²) in [7, 11) is 0. The van der Waals surface area contributed by atoms with Crippen LogP contribution in [0.4, 0.5) is 4.39 Å². The fraction of sp³-hybridized carbons (Fsp3) is 0. The number of rotatable bonds is 3. The summed E-state index contributed by atoms with van der Waals surface area (Å²) in [5.74, 6) is -0.332. The van der Waals surface area contributed by atoms with Gasteiger partial charge < -0.3 is 4.74 Å². The average Bonchev–Trinajstić information content (AvgIpc) is 3.09. The Hall–Kier alpha value is -2.32. The van der Waals surface area contributed by atoms with Crippen LogP contribution in [-0.2, 0) is 0 Å². The van der Waals surface area contributed by atoms with Gasteiger partial charge in [-0.1, -0.05) is 15.9 Å². The van der Waals surface area contributed by atoms with E-state index in [1.165, 1.54) is 17.4 Å². The Morgan fingerprint density at radius 3 is 2.91 bits per heavy atom. The third-order valence-electron chi connectivity index (χ3n) is 3.07.